The number of benzene rings is 2. The highest BCUT2D eigenvalue weighted by Crippen LogP contribution is 2.42. The van der Waals surface area contributed by atoms with E-state index in [0.29, 0.717) is 15.9 Å². The number of aliphatic imine (C=N–C) groups is 1. The van der Waals surface area contributed by atoms with Gasteiger partial charge in [-0.2, -0.15) is 4.99 Å². The number of carbonyl (C=O) groups is 1. The highest BCUT2D eigenvalue weighted by Gasteiger charge is 2.49. The number of hydrogen-bond acceptors (Lipinski definition) is 5. The predicted molar refractivity (Wildman–Crippen MR) is 117 cm³/mol. The quantitative estimate of drug-likeness (QED) is 0.711. The lowest BCUT2D eigenvalue weighted by atomic mass is 10.1. The molecule has 0 radical (unpaired) electrons. The second kappa shape index (κ2) is 8.01. The first-order valence-electron chi connectivity index (χ1n) is 9.04. The third kappa shape index (κ3) is 4.44. The van der Waals surface area contributed by atoms with Crippen LogP contribution < -0.4 is 9.64 Å². The van der Waals surface area contributed by atoms with E-state index in [1.54, 1.807) is 24.3 Å². The molecular weight excluding hydrogens is 432 g/mol. The number of halogens is 1. The van der Waals surface area contributed by atoms with Crippen molar-refractivity contribution in [3.05, 3.63) is 59.1 Å². The number of amides is 1. The molecule has 0 bridgehead atoms. The summed E-state index contributed by atoms with van der Waals surface area (Å²) < 4.78 is 29.8. The number of anilines is 1. The minimum Gasteiger partial charge on any atom is -0.484 e. The third-order valence-corrected chi connectivity index (χ3v) is 8.27. The Hall–Kier alpha value is -2.03. The maximum atomic E-state index is 12.5. The van der Waals surface area contributed by atoms with Gasteiger partial charge in [-0.05, 0) is 36.8 Å². The minimum atomic E-state index is -3.13. The summed E-state index contributed by atoms with van der Waals surface area (Å²) in [5.41, 5.74) is 1.70. The number of sulfone groups is 1. The number of thioether (sulfide) groups is 1. The maximum absolute atomic E-state index is 12.5. The normalized spacial score (nSPS) is 23.9. The van der Waals surface area contributed by atoms with E-state index in [9.17, 15) is 13.2 Å². The number of ether oxygens (including phenoxy) is 1. The fourth-order valence-corrected chi connectivity index (χ4v) is 7.58. The number of amidine groups is 1. The fraction of sp³-hybridized carbons (Fsp3) is 0.300. The monoisotopic (exact) mass is 450 g/mol. The van der Waals surface area contributed by atoms with Crippen LogP contribution in [0.25, 0.3) is 0 Å². The van der Waals surface area contributed by atoms with E-state index in [4.69, 9.17) is 16.3 Å². The van der Waals surface area contributed by atoms with Crippen molar-refractivity contribution in [2.45, 2.75) is 18.2 Å². The van der Waals surface area contributed by atoms with Gasteiger partial charge in [-0.15, -0.1) is 0 Å². The van der Waals surface area contributed by atoms with Crippen LogP contribution in [0.1, 0.15) is 5.56 Å². The molecule has 1 amide bonds. The van der Waals surface area contributed by atoms with Gasteiger partial charge in [0.05, 0.1) is 17.5 Å². The number of carbonyl (C=O) groups excluding carboxylic acids is 1. The van der Waals surface area contributed by atoms with Crippen molar-refractivity contribution in [1.29, 1.82) is 0 Å². The van der Waals surface area contributed by atoms with Crippen molar-refractivity contribution in [1.82, 2.24) is 0 Å². The lowest BCUT2D eigenvalue weighted by Gasteiger charge is -2.26. The molecule has 2 aliphatic heterocycles. The van der Waals surface area contributed by atoms with E-state index in [1.165, 1.54) is 11.8 Å². The summed E-state index contributed by atoms with van der Waals surface area (Å²) in [6.07, 6.45) is 0. The predicted octanol–water partition coefficient (Wildman–Crippen LogP) is 3.33. The summed E-state index contributed by atoms with van der Waals surface area (Å²) in [6, 6.07) is 14.2. The first-order valence-corrected chi connectivity index (χ1v) is 12.1. The topological polar surface area (TPSA) is 76.0 Å². The highest BCUT2D eigenvalue weighted by molar-refractivity contribution is 8.16. The lowest BCUT2D eigenvalue weighted by Crippen LogP contribution is -2.38. The molecule has 2 fully saturated rings. The van der Waals surface area contributed by atoms with Gasteiger partial charge in [0.25, 0.3) is 5.91 Å². The maximum Gasteiger partial charge on any atom is 0.285 e. The molecule has 2 aromatic carbocycles. The van der Waals surface area contributed by atoms with Gasteiger partial charge in [0.2, 0.25) is 0 Å². The number of rotatable bonds is 4. The van der Waals surface area contributed by atoms with Gasteiger partial charge >= 0.3 is 0 Å². The van der Waals surface area contributed by atoms with Crippen molar-refractivity contribution >= 4 is 50.0 Å². The molecule has 2 atom stereocenters. The van der Waals surface area contributed by atoms with Crippen molar-refractivity contribution < 1.29 is 17.9 Å². The second-order valence-electron chi connectivity index (χ2n) is 6.99. The first kappa shape index (κ1) is 20.3. The van der Waals surface area contributed by atoms with Crippen LogP contribution in [0.15, 0.2) is 53.5 Å². The number of aryl methyl sites for hydroxylation is 1. The smallest absolute Gasteiger partial charge is 0.285 e. The number of hydrogen-bond donors (Lipinski definition) is 0. The van der Waals surface area contributed by atoms with Crippen molar-refractivity contribution in [2.24, 2.45) is 4.99 Å². The Bertz CT molecular complexity index is 1070. The average Bonchev–Trinajstić information content (AvgIpc) is 3.14. The molecule has 0 aliphatic carbocycles. The summed E-state index contributed by atoms with van der Waals surface area (Å²) in [6.45, 7) is 1.73. The Kier molecular flexibility index (Phi) is 5.59. The van der Waals surface area contributed by atoms with Gasteiger partial charge in [-0.1, -0.05) is 47.6 Å². The van der Waals surface area contributed by atoms with E-state index in [2.05, 4.69) is 4.99 Å². The second-order valence-corrected chi connectivity index (χ2v) is 10.8. The average molecular weight is 451 g/mol. The summed E-state index contributed by atoms with van der Waals surface area (Å²) in [5.74, 6) is 0.269. The van der Waals surface area contributed by atoms with Gasteiger partial charge in [0.15, 0.2) is 21.6 Å². The zero-order valence-corrected chi connectivity index (χ0v) is 18.0. The highest BCUT2D eigenvalue weighted by atomic mass is 35.5. The molecule has 2 heterocycles. The molecule has 0 N–H and O–H groups in total. The lowest BCUT2D eigenvalue weighted by molar-refractivity contribution is -0.119. The van der Waals surface area contributed by atoms with Gasteiger partial charge in [0, 0.05) is 16.0 Å². The molecule has 0 saturated carbocycles. The first-order chi connectivity index (χ1) is 13.8. The van der Waals surface area contributed by atoms with Crippen molar-refractivity contribution in [3.63, 3.8) is 0 Å². The molecule has 0 unspecified atom stereocenters. The molecule has 0 aromatic heterocycles. The Morgan fingerprint density at radius 2 is 2.00 bits per heavy atom. The van der Waals surface area contributed by atoms with Crippen molar-refractivity contribution in [2.75, 3.05) is 23.0 Å². The van der Waals surface area contributed by atoms with Gasteiger partial charge in [0.1, 0.15) is 5.75 Å². The summed E-state index contributed by atoms with van der Waals surface area (Å²) in [5, 5.41) is 0.861. The molecule has 2 aliphatic rings. The van der Waals surface area contributed by atoms with Crippen LogP contribution in [0, 0.1) is 6.92 Å². The fourth-order valence-electron chi connectivity index (χ4n) is 3.49. The minimum absolute atomic E-state index is 0.0321. The zero-order chi connectivity index (χ0) is 20.6. The third-order valence-electron chi connectivity index (χ3n) is 4.82. The van der Waals surface area contributed by atoms with Gasteiger partial charge in [-0.25, -0.2) is 8.42 Å². The van der Waals surface area contributed by atoms with Gasteiger partial charge in [-0.3, -0.25) is 4.79 Å². The largest absolute Gasteiger partial charge is 0.484 e. The van der Waals surface area contributed by atoms with Crippen LogP contribution in [-0.4, -0.2) is 48.9 Å². The standard InChI is InChI=1S/C20H19ClN2O4S2/c1-13-7-8-14(21)9-16(13)23-17-11-29(25,26)12-18(17)28-20(23)22-19(24)10-27-15-5-3-2-4-6-15/h2-9,17-18H,10-12H2,1H3/t17-,18+/m0/s1. The van der Waals surface area contributed by atoms with Crippen molar-refractivity contribution in [3.8, 4) is 5.75 Å². The molecule has 9 heteroatoms. The van der Waals surface area contributed by atoms with E-state index in [0.717, 1.165) is 11.3 Å². The molecule has 2 aromatic rings. The van der Waals surface area contributed by atoms with Crippen LogP contribution in [0.2, 0.25) is 5.02 Å². The van der Waals surface area contributed by atoms with E-state index >= 15 is 0 Å². The van der Waals surface area contributed by atoms with Crippen LogP contribution in [0.3, 0.4) is 0 Å². The molecule has 29 heavy (non-hydrogen) atoms. The summed E-state index contributed by atoms with van der Waals surface area (Å²) >= 11 is 7.52. The molecule has 4 rings (SSSR count). The summed E-state index contributed by atoms with van der Waals surface area (Å²) in [7, 11) is -3.13. The molecule has 6 nitrogen and oxygen atoms in total. The SMILES string of the molecule is Cc1ccc(Cl)cc1N1C(=NC(=O)COc2ccccc2)S[C@@H]2CS(=O)(=O)C[C@@H]21. The van der Waals surface area contributed by atoms with E-state index in [-0.39, 0.29) is 29.4 Å². The molecule has 152 valence electrons. The Labute approximate surface area is 178 Å². The van der Waals surface area contributed by atoms with Crippen LogP contribution in [0.4, 0.5) is 5.69 Å². The van der Waals surface area contributed by atoms with Crippen LogP contribution >= 0.6 is 23.4 Å². The van der Waals surface area contributed by atoms with E-state index in [1.807, 2.05) is 36.1 Å². The Balaban J connectivity index is 1.61. The van der Waals surface area contributed by atoms with Crippen LogP contribution in [0.5, 0.6) is 5.75 Å². The van der Waals surface area contributed by atoms with Crippen LogP contribution in [-0.2, 0) is 14.6 Å². The van der Waals surface area contributed by atoms with E-state index < -0.39 is 15.7 Å². The Morgan fingerprint density at radius 1 is 1.24 bits per heavy atom. The molecule has 0 spiro atoms. The number of para-hydroxylation sites is 1. The molecule has 2 saturated heterocycles. The van der Waals surface area contributed by atoms with Gasteiger partial charge < -0.3 is 9.64 Å². The molecular formula is C20H19ClN2O4S2. The summed E-state index contributed by atoms with van der Waals surface area (Å²) in [4.78, 5) is 18.6. The Morgan fingerprint density at radius 3 is 2.76 bits per heavy atom. The zero-order valence-electron chi connectivity index (χ0n) is 15.6. The number of nitrogens with zero attached hydrogens (tertiary/aromatic N) is 2. The number of fused-ring (bicyclic) bond motifs is 1.